The molecule has 4 N–H and O–H groups in total. The van der Waals surface area contributed by atoms with Crippen LogP contribution in [-0.4, -0.2) is 56.0 Å². The van der Waals surface area contributed by atoms with Crippen LogP contribution in [0.3, 0.4) is 0 Å². The maximum absolute atomic E-state index is 12.5. The minimum absolute atomic E-state index is 0.115. The molecule has 2 aromatic carbocycles. The number of benzene rings is 2. The van der Waals surface area contributed by atoms with Crippen LogP contribution < -0.4 is 11.1 Å². The van der Waals surface area contributed by atoms with Crippen molar-refractivity contribution in [3.8, 4) is 11.1 Å². The largest absolute Gasteiger partial charge is 0.366 e. The molecule has 1 fully saturated rings. The summed E-state index contributed by atoms with van der Waals surface area (Å²) in [6.07, 6.45) is 3.43. The number of fused-ring (bicyclic) bond motifs is 1. The predicted octanol–water partition coefficient (Wildman–Crippen LogP) is 2.66. The number of sulfonamides is 1. The lowest BCUT2D eigenvalue weighted by Crippen LogP contribution is -2.40. The molecule has 7 nitrogen and oxygen atoms in total. The summed E-state index contributed by atoms with van der Waals surface area (Å²) in [5, 5.41) is 3.88. The van der Waals surface area contributed by atoms with Gasteiger partial charge in [-0.1, -0.05) is 30.3 Å². The number of nitrogens with two attached hydrogens (primary N) is 1. The molecule has 2 heterocycles. The Morgan fingerprint density at radius 1 is 1.16 bits per heavy atom. The van der Waals surface area contributed by atoms with E-state index in [9.17, 15) is 13.2 Å². The van der Waals surface area contributed by atoms with Crippen LogP contribution in [0.25, 0.3) is 22.0 Å². The van der Waals surface area contributed by atoms with Gasteiger partial charge in [-0.2, -0.15) is 0 Å². The number of aromatic nitrogens is 1. The Morgan fingerprint density at radius 3 is 2.52 bits per heavy atom. The fourth-order valence-electron chi connectivity index (χ4n) is 4.39. The molecule has 1 aromatic heterocycles. The number of hydrogen-bond donors (Lipinski definition) is 3. The average Bonchev–Trinajstić information content (AvgIpc) is 3.21. The van der Waals surface area contributed by atoms with Crippen molar-refractivity contribution in [3.05, 3.63) is 59.8 Å². The van der Waals surface area contributed by atoms with Crippen LogP contribution in [0.15, 0.2) is 48.7 Å². The van der Waals surface area contributed by atoms with Gasteiger partial charge in [0.1, 0.15) is 0 Å². The highest BCUT2D eigenvalue weighted by Gasteiger charge is 2.29. The predicted molar refractivity (Wildman–Crippen MR) is 124 cm³/mol. The van der Waals surface area contributed by atoms with Crippen LogP contribution in [0.2, 0.25) is 0 Å². The Labute approximate surface area is 182 Å². The van der Waals surface area contributed by atoms with Gasteiger partial charge in [0.2, 0.25) is 10.0 Å². The van der Waals surface area contributed by atoms with E-state index < -0.39 is 15.9 Å². The number of rotatable bonds is 7. The van der Waals surface area contributed by atoms with Crippen molar-refractivity contribution < 1.29 is 13.2 Å². The first kappa shape index (κ1) is 21.5. The zero-order valence-electron chi connectivity index (χ0n) is 17.6. The molecular weight excluding hydrogens is 412 g/mol. The molecule has 0 unspecified atom stereocenters. The highest BCUT2D eigenvalue weighted by atomic mass is 32.2. The van der Waals surface area contributed by atoms with Crippen LogP contribution in [0.5, 0.6) is 0 Å². The number of nitrogens with zero attached hydrogens (tertiary/aromatic N) is 1. The Hall–Kier alpha value is -2.68. The molecule has 1 aliphatic heterocycles. The van der Waals surface area contributed by atoms with Crippen molar-refractivity contribution in [3.63, 3.8) is 0 Å². The molecule has 0 aliphatic carbocycles. The van der Waals surface area contributed by atoms with Gasteiger partial charge in [-0.15, -0.1) is 0 Å². The molecule has 0 saturated carbocycles. The van der Waals surface area contributed by atoms with Crippen LogP contribution in [0, 0.1) is 0 Å². The van der Waals surface area contributed by atoms with Gasteiger partial charge in [-0.05, 0) is 54.6 Å². The number of hydrogen-bond acceptors (Lipinski definition) is 4. The topological polar surface area (TPSA) is 108 Å². The van der Waals surface area contributed by atoms with Gasteiger partial charge >= 0.3 is 0 Å². The van der Waals surface area contributed by atoms with Crippen molar-refractivity contribution in [1.29, 1.82) is 0 Å². The number of H-pyrrole nitrogens is 1. The third-order valence-electron chi connectivity index (χ3n) is 6.09. The molecule has 0 radical (unpaired) electrons. The monoisotopic (exact) mass is 440 g/mol. The van der Waals surface area contributed by atoms with Gasteiger partial charge < -0.3 is 16.0 Å². The summed E-state index contributed by atoms with van der Waals surface area (Å²) in [5.74, 6) is -0.137. The number of nitrogens with one attached hydrogen (secondary N) is 2. The van der Waals surface area contributed by atoms with Gasteiger partial charge in [-0.3, -0.25) is 4.79 Å². The van der Waals surface area contributed by atoms with E-state index in [1.165, 1.54) is 0 Å². The van der Waals surface area contributed by atoms with E-state index >= 15 is 0 Å². The standard InChI is InChI=1S/C23H28N4O3S/c1-25-9-12-31(29,30)27-10-7-17(8-11-27)21-15-26-22-19(21)13-18(14-20(22)23(24)28)16-5-3-2-4-6-16/h2-6,13-15,17,25-26H,7-12H2,1H3,(H2,24,28). The van der Waals surface area contributed by atoms with E-state index in [0.29, 0.717) is 25.2 Å². The maximum atomic E-state index is 12.5. The smallest absolute Gasteiger partial charge is 0.250 e. The molecule has 31 heavy (non-hydrogen) atoms. The minimum Gasteiger partial charge on any atom is -0.366 e. The molecule has 8 heteroatoms. The third-order valence-corrected chi connectivity index (χ3v) is 7.96. The second-order valence-electron chi connectivity index (χ2n) is 8.01. The molecule has 1 saturated heterocycles. The van der Waals surface area contributed by atoms with Crippen molar-refractivity contribution in [1.82, 2.24) is 14.6 Å². The molecule has 164 valence electrons. The third kappa shape index (κ3) is 4.37. The van der Waals surface area contributed by atoms with Gasteiger partial charge in [0.25, 0.3) is 5.91 Å². The summed E-state index contributed by atoms with van der Waals surface area (Å²) < 4.78 is 26.6. The highest BCUT2D eigenvalue weighted by Crippen LogP contribution is 2.37. The normalized spacial score (nSPS) is 16.0. The first-order chi connectivity index (χ1) is 14.9. The Kier molecular flexibility index (Phi) is 6.13. The number of carbonyl (C=O) groups excluding carboxylic acids is 1. The molecule has 0 bridgehead atoms. The summed E-state index contributed by atoms with van der Waals surface area (Å²) in [4.78, 5) is 15.4. The number of primary amides is 1. The van der Waals surface area contributed by atoms with Crippen molar-refractivity contribution in [2.75, 3.05) is 32.4 Å². The molecule has 1 amide bonds. The Bertz CT molecular complexity index is 1180. The van der Waals surface area contributed by atoms with Crippen molar-refractivity contribution in [2.24, 2.45) is 5.73 Å². The molecule has 4 rings (SSSR count). The summed E-state index contributed by atoms with van der Waals surface area (Å²) in [6, 6.07) is 13.8. The average molecular weight is 441 g/mol. The lowest BCUT2D eigenvalue weighted by atomic mass is 9.88. The highest BCUT2D eigenvalue weighted by molar-refractivity contribution is 7.89. The summed E-state index contributed by atoms with van der Waals surface area (Å²) in [6.45, 7) is 1.46. The molecular formula is C23H28N4O3S. The molecule has 3 aromatic rings. The number of piperidine rings is 1. The first-order valence-corrected chi connectivity index (χ1v) is 12.1. The lowest BCUT2D eigenvalue weighted by molar-refractivity contribution is 0.100. The van der Waals surface area contributed by atoms with Gasteiger partial charge in [0.05, 0.1) is 16.8 Å². The Morgan fingerprint density at radius 2 is 1.87 bits per heavy atom. The van der Waals surface area contributed by atoms with Gasteiger partial charge in [0.15, 0.2) is 0 Å². The van der Waals surface area contributed by atoms with Crippen LogP contribution in [0.1, 0.15) is 34.7 Å². The van der Waals surface area contributed by atoms with E-state index in [1.807, 2.05) is 42.6 Å². The summed E-state index contributed by atoms with van der Waals surface area (Å²) in [5.41, 5.74) is 9.96. The fraction of sp³-hybridized carbons (Fsp3) is 0.348. The first-order valence-electron chi connectivity index (χ1n) is 10.5. The Balaban J connectivity index is 1.65. The number of aromatic amines is 1. The zero-order chi connectivity index (χ0) is 22.0. The maximum Gasteiger partial charge on any atom is 0.250 e. The van der Waals surface area contributed by atoms with E-state index in [0.717, 1.165) is 40.4 Å². The van der Waals surface area contributed by atoms with E-state index in [4.69, 9.17) is 5.73 Å². The summed E-state index contributed by atoms with van der Waals surface area (Å²) >= 11 is 0. The van der Waals surface area contributed by atoms with Gasteiger partial charge in [0, 0.05) is 31.2 Å². The molecule has 0 atom stereocenters. The van der Waals surface area contributed by atoms with E-state index in [2.05, 4.69) is 16.4 Å². The SMILES string of the molecule is CNCCS(=O)(=O)N1CCC(c2c[nH]c3c(C(N)=O)cc(-c4ccccc4)cc23)CC1. The van der Waals surface area contributed by atoms with Crippen LogP contribution in [-0.2, 0) is 10.0 Å². The number of amides is 1. The lowest BCUT2D eigenvalue weighted by Gasteiger charge is -2.31. The number of carbonyl (C=O) groups is 1. The fourth-order valence-corrected chi connectivity index (χ4v) is 5.87. The van der Waals surface area contributed by atoms with Crippen LogP contribution >= 0.6 is 0 Å². The molecule has 0 spiro atoms. The second-order valence-corrected chi connectivity index (χ2v) is 10.1. The molecule has 1 aliphatic rings. The quantitative estimate of drug-likeness (QED) is 0.525. The van der Waals surface area contributed by atoms with Crippen molar-refractivity contribution >= 4 is 26.8 Å². The van der Waals surface area contributed by atoms with Crippen LogP contribution in [0.4, 0.5) is 0 Å². The zero-order valence-corrected chi connectivity index (χ0v) is 18.4. The van der Waals surface area contributed by atoms with E-state index in [-0.39, 0.29) is 11.7 Å². The van der Waals surface area contributed by atoms with Gasteiger partial charge in [-0.25, -0.2) is 12.7 Å². The minimum atomic E-state index is -3.24. The summed E-state index contributed by atoms with van der Waals surface area (Å²) in [7, 11) is -1.49. The second kappa shape index (κ2) is 8.82. The van der Waals surface area contributed by atoms with E-state index in [1.54, 1.807) is 11.4 Å². The van der Waals surface area contributed by atoms with Crippen molar-refractivity contribution in [2.45, 2.75) is 18.8 Å².